The Balaban J connectivity index is 1.90. The highest BCUT2D eigenvalue weighted by molar-refractivity contribution is 5.92. The monoisotopic (exact) mass is 302 g/mol. The van der Waals surface area contributed by atoms with E-state index in [9.17, 15) is 9.59 Å². The van der Waals surface area contributed by atoms with Gasteiger partial charge in [-0.25, -0.2) is 0 Å². The highest BCUT2D eigenvalue weighted by Crippen LogP contribution is 2.27. The van der Waals surface area contributed by atoms with Crippen LogP contribution in [0, 0.1) is 0 Å². The zero-order valence-corrected chi connectivity index (χ0v) is 13.1. The summed E-state index contributed by atoms with van der Waals surface area (Å²) in [5, 5.41) is 2.65. The minimum atomic E-state index is -0.330. The van der Waals surface area contributed by atoms with Crippen LogP contribution in [0.3, 0.4) is 0 Å². The van der Waals surface area contributed by atoms with Crippen LogP contribution >= 0.6 is 0 Å². The number of methoxy groups -OCH3 is 1. The number of fused-ring (bicyclic) bond motifs is 1. The number of anilines is 1. The van der Waals surface area contributed by atoms with Gasteiger partial charge < -0.3 is 15.0 Å². The first-order valence-electron chi connectivity index (χ1n) is 7.47. The van der Waals surface area contributed by atoms with Gasteiger partial charge in [0.2, 0.25) is 5.91 Å². The molecule has 22 heavy (non-hydrogen) atoms. The molecule has 1 aliphatic rings. The highest BCUT2D eigenvalue weighted by atomic mass is 16.5. The fourth-order valence-electron chi connectivity index (χ4n) is 2.53. The molecule has 5 nitrogen and oxygen atoms in total. The minimum Gasteiger partial charge on any atom is -0.469 e. The van der Waals surface area contributed by atoms with Crippen molar-refractivity contribution in [1.29, 1.82) is 0 Å². The predicted molar refractivity (Wildman–Crippen MR) is 86.7 cm³/mol. The van der Waals surface area contributed by atoms with Gasteiger partial charge in [0.15, 0.2) is 0 Å². The molecule has 118 valence electrons. The van der Waals surface area contributed by atoms with E-state index in [0.717, 1.165) is 24.9 Å². The van der Waals surface area contributed by atoms with E-state index >= 15 is 0 Å². The first-order valence-corrected chi connectivity index (χ1v) is 7.47. The SMILES string of the molecule is COC(=O)CCNC(=O)/C=C/c1ccc2c(c1)CCCN2C. The molecule has 0 fully saturated rings. The molecule has 0 saturated carbocycles. The summed E-state index contributed by atoms with van der Waals surface area (Å²) in [6.45, 7) is 1.37. The summed E-state index contributed by atoms with van der Waals surface area (Å²) in [4.78, 5) is 24.9. The molecule has 1 heterocycles. The van der Waals surface area contributed by atoms with E-state index in [4.69, 9.17) is 0 Å². The second-order valence-corrected chi connectivity index (χ2v) is 5.36. The Kier molecular flexibility index (Phi) is 5.58. The van der Waals surface area contributed by atoms with Gasteiger partial charge in [0, 0.05) is 31.9 Å². The zero-order chi connectivity index (χ0) is 15.9. The lowest BCUT2D eigenvalue weighted by Crippen LogP contribution is -2.24. The number of carbonyl (C=O) groups excluding carboxylic acids is 2. The minimum absolute atomic E-state index is 0.182. The summed E-state index contributed by atoms with van der Waals surface area (Å²) in [5.74, 6) is -0.540. The van der Waals surface area contributed by atoms with E-state index < -0.39 is 0 Å². The molecule has 0 aliphatic carbocycles. The lowest BCUT2D eigenvalue weighted by Gasteiger charge is -2.27. The molecule has 0 bridgehead atoms. The van der Waals surface area contributed by atoms with Gasteiger partial charge >= 0.3 is 5.97 Å². The molecular weight excluding hydrogens is 280 g/mol. The number of nitrogens with one attached hydrogen (secondary N) is 1. The van der Waals surface area contributed by atoms with E-state index in [-0.39, 0.29) is 24.8 Å². The van der Waals surface area contributed by atoms with Crippen molar-refractivity contribution in [3.05, 3.63) is 35.4 Å². The van der Waals surface area contributed by atoms with Crippen molar-refractivity contribution >= 4 is 23.6 Å². The first kappa shape index (κ1) is 16.1. The van der Waals surface area contributed by atoms with Crippen molar-refractivity contribution in [3.8, 4) is 0 Å². The highest BCUT2D eigenvalue weighted by Gasteiger charge is 2.13. The lowest BCUT2D eigenvalue weighted by molar-refractivity contribution is -0.140. The Morgan fingerprint density at radius 1 is 1.41 bits per heavy atom. The van der Waals surface area contributed by atoms with Gasteiger partial charge in [-0.1, -0.05) is 6.07 Å². The van der Waals surface area contributed by atoms with Gasteiger partial charge in [-0.3, -0.25) is 9.59 Å². The van der Waals surface area contributed by atoms with Crippen molar-refractivity contribution in [1.82, 2.24) is 5.32 Å². The summed E-state index contributed by atoms with van der Waals surface area (Å²) in [5.41, 5.74) is 3.60. The van der Waals surface area contributed by atoms with Gasteiger partial charge in [-0.2, -0.15) is 0 Å². The second kappa shape index (κ2) is 7.64. The van der Waals surface area contributed by atoms with Crippen LogP contribution in [0.5, 0.6) is 0 Å². The normalized spacial score (nSPS) is 13.8. The number of carbonyl (C=O) groups is 2. The van der Waals surface area contributed by atoms with Crippen molar-refractivity contribution in [2.45, 2.75) is 19.3 Å². The number of esters is 1. The van der Waals surface area contributed by atoms with Crippen LogP contribution in [-0.2, 0) is 20.7 Å². The van der Waals surface area contributed by atoms with E-state index in [1.807, 2.05) is 6.07 Å². The molecule has 1 aromatic carbocycles. The molecule has 1 aliphatic heterocycles. The number of hydrogen-bond donors (Lipinski definition) is 1. The number of rotatable bonds is 5. The molecule has 1 N–H and O–H groups in total. The molecule has 5 heteroatoms. The van der Waals surface area contributed by atoms with E-state index in [1.165, 1.54) is 24.4 Å². The van der Waals surface area contributed by atoms with E-state index in [0.29, 0.717) is 0 Å². The molecule has 0 atom stereocenters. The van der Waals surface area contributed by atoms with Crippen LogP contribution in [0.2, 0.25) is 0 Å². The quantitative estimate of drug-likeness (QED) is 0.665. The third-order valence-electron chi connectivity index (χ3n) is 3.74. The topological polar surface area (TPSA) is 58.6 Å². The Morgan fingerprint density at radius 3 is 3.00 bits per heavy atom. The van der Waals surface area contributed by atoms with Gasteiger partial charge in [-0.15, -0.1) is 0 Å². The maximum atomic E-state index is 11.7. The van der Waals surface area contributed by atoms with Crippen LogP contribution < -0.4 is 10.2 Å². The molecule has 0 spiro atoms. The van der Waals surface area contributed by atoms with Gasteiger partial charge in [0.25, 0.3) is 0 Å². The fraction of sp³-hybridized carbons (Fsp3) is 0.412. The third-order valence-corrected chi connectivity index (χ3v) is 3.74. The molecule has 0 unspecified atom stereocenters. The smallest absolute Gasteiger partial charge is 0.307 e. The number of amides is 1. The Hall–Kier alpha value is -2.30. The van der Waals surface area contributed by atoms with Crippen molar-refractivity contribution < 1.29 is 14.3 Å². The predicted octanol–water partition coefficient (Wildman–Crippen LogP) is 1.76. The Morgan fingerprint density at radius 2 is 2.23 bits per heavy atom. The summed E-state index contributed by atoms with van der Waals surface area (Å²) in [7, 11) is 3.43. The largest absolute Gasteiger partial charge is 0.469 e. The van der Waals surface area contributed by atoms with Gasteiger partial charge in [0.05, 0.1) is 13.5 Å². The number of hydrogen-bond acceptors (Lipinski definition) is 4. The summed E-state index contributed by atoms with van der Waals surface area (Å²) in [6, 6.07) is 6.24. The lowest BCUT2D eigenvalue weighted by atomic mass is 9.99. The maximum Gasteiger partial charge on any atom is 0.307 e. The number of benzene rings is 1. The van der Waals surface area contributed by atoms with Gasteiger partial charge in [-0.05, 0) is 42.2 Å². The van der Waals surface area contributed by atoms with Crippen LogP contribution in [0.25, 0.3) is 6.08 Å². The first-order chi connectivity index (χ1) is 10.6. The average Bonchev–Trinajstić information content (AvgIpc) is 2.53. The Labute approximate surface area is 130 Å². The van der Waals surface area contributed by atoms with E-state index in [1.54, 1.807) is 6.08 Å². The molecule has 1 amide bonds. The van der Waals surface area contributed by atoms with Crippen molar-refractivity contribution in [3.63, 3.8) is 0 Å². The molecule has 1 aromatic rings. The van der Waals surface area contributed by atoms with Crippen molar-refractivity contribution in [2.75, 3.05) is 32.1 Å². The summed E-state index contributed by atoms with van der Waals surface area (Å²) in [6.07, 6.45) is 5.70. The molecule has 2 rings (SSSR count). The third kappa shape index (κ3) is 4.35. The molecule has 0 aromatic heterocycles. The fourth-order valence-corrected chi connectivity index (χ4v) is 2.53. The molecule has 0 saturated heterocycles. The molecular formula is C17H22N2O3. The standard InChI is InChI=1S/C17H22N2O3/c1-19-11-3-4-14-12-13(5-7-15(14)19)6-8-16(20)18-10-9-17(21)22-2/h5-8,12H,3-4,9-11H2,1-2H3,(H,18,20)/b8-6+. The van der Waals surface area contributed by atoms with Crippen LogP contribution in [0.1, 0.15) is 24.0 Å². The van der Waals surface area contributed by atoms with Crippen LogP contribution in [-0.4, -0.2) is 39.1 Å². The number of ether oxygens (including phenoxy) is 1. The second-order valence-electron chi connectivity index (χ2n) is 5.36. The van der Waals surface area contributed by atoms with Crippen LogP contribution in [0.15, 0.2) is 24.3 Å². The van der Waals surface area contributed by atoms with E-state index in [2.05, 4.69) is 34.1 Å². The average molecular weight is 302 g/mol. The Bertz CT molecular complexity index is 581. The maximum absolute atomic E-state index is 11.7. The van der Waals surface area contributed by atoms with Crippen molar-refractivity contribution in [2.24, 2.45) is 0 Å². The summed E-state index contributed by atoms with van der Waals surface area (Å²) >= 11 is 0. The number of aryl methyl sites for hydroxylation is 1. The molecule has 0 radical (unpaired) electrons. The van der Waals surface area contributed by atoms with Gasteiger partial charge in [0.1, 0.15) is 0 Å². The van der Waals surface area contributed by atoms with Crippen LogP contribution in [0.4, 0.5) is 5.69 Å². The summed E-state index contributed by atoms with van der Waals surface area (Å²) < 4.78 is 4.51. The zero-order valence-electron chi connectivity index (χ0n) is 13.1. The number of nitrogens with zero attached hydrogens (tertiary/aromatic N) is 1.